The van der Waals surface area contributed by atoms with Crippen LogP contribution in [-0.2, 0) is 9.47 Å². The Morgan fingerprint density at radius 1 is 1.54 bits per heavy atom. The lowest BCUT2D eigenvalue weighted by molar-refractivity contribution is 0.0139. The topological polar surface area (TPSA) is 38.8 Å². The predicted molar refractivity (Wildman–Crippen MR) is 48.6 cm³/mol. The van der Waals surface area contributed by atoms with E-state index >= 15 is 0 Å². The Bertz CT molecular complexity index is 182. The van der Waals surface area contributed by atoms with E-state index in [0.29, 0.717) is 6.54 Å². The molecule has 1 atom stereocenters. The summed E-state index contributed by atoms with van der Waals surface area (Å²) in [5.41, 5.74) is 0. The van der Waals surface area contributed by atoms with Crippen LogP contribution in [0.1, 0.15) is 20.3 Å². The van der Waals surface area contributed by atoms with E-state index in [1.807, 2.05) is 13.8 Å². The monoisotopic (exact) mass is 187 g/mol. The summed E-state index contributed by atoms with van der Waals surface area (Å²) in [6, 6.07) is 0. The van der Waals surface area contributed by atoms with Crippen LogP contribution in [-0.4, -0.2) is 43.4 Å². The van der Waals surface area contributed by atoms with Crippen molar-refractivity contribution in [2.24, 2.45) is 0 Å². The fraction of sp³-hybridized carbons (Fsp3) is 0.889. The molecule has 1 fully saturated rings. The zero-order valence-electron chi connectivity index (χ0n) is 8.45. The zero-order valence-corrected chi connectivity index (χ0v) is 8.45. The van der Waals surface area contributed by atoms with Crippen LogP contribution in [0.3, 0.4) is 0 Å². The second kappa shape index (κ2) is 4.46. The third-order valence-electron chi connectivity index (χ3n) is 2.04. The molecule has 0 bridgehead atoms. The summed E-state index contributed by atoms with van der Waals surface area (Å²) in [5.74, 6) is 0. The van der Waals surface area contributed by atoms with Gasteiger partial charge in [-0.15, -0.1) is 0 Å². The third kappa shape index (κ3) is 2.88. The number of hydrogen-bond acceptors (Lipinski definition) is 3. The quantitative estimate of drug-likeness (QED) is 0.653. The van der Waals surface area contributed by atoms with Crippen LogP contribution in [0.15, 0.2) is 0 Å². The van der Waals surface area contributed by atoms with Gasteiger partial charge in [0.1, 0.15) is 0 Å². The maximum absolute atomic E-state index is 11.1. The van der Waals surface area contributed by atoms with Crippen molar-refractivity contribution >= 4 is 6.09 Å². The van der Waals surface area contributed by atoms with Gasteiger partial charge in [-0.05, 0) is 20.3 Å². The van der Waals surface area contributed by atoms with E-state index in [2.05, 4.69) is 4.74 Å². The van der Waals surface area contributed by atoms with E-state index in [9.17, 15) is 4.79 Å². The molecule has 1 rings (SSSR count). The summed E-state index contributed by atoms with van der Waals surface area (Å²) in [4.78, 5) is 12.8. The first-order valence-electron chi connectivity index (χ1n) is 4.62. The number of carbonyl (C=O) groups is 1. The molecule has 13 heavy (non-hydrogen) atoms. The van der Waals surface area contributed by atoms with E-state index < -0.39 is 0 Å². The summed E-state index contributed by atoms with van der Waals surface area (Å²) in [5, 5.41) is 0. The second-order valence-corrected chi connectivity index (χ2v) is 3.51. The van der Waals surface area contributed by atoms with Gasteiger partial charge in [0, 0.05) is 6.54 Å². The minimum absolute atomic E-state index is 0.180. The molecule has 4 nitrogen and oxygen atoms in total. The number of hydrogen-bond donors (Lipinski definition) is 0. The fourth-order valence-electron chi connectivity index (χ4n) is 1.52. The van der Waals surface area contributed by atoms with E-state index in [1.165, 1.54) is 7.11 Å². The average molecular weight is 187 g/mol. The van der Waals surface area contributed by atoms with Crippen molar-refractivity contribution in [3.8, 4) is 0 Å². The van der Waals surface area contributed by atoms with Crippen molar-refractivity contribution < 1.29 is 14.3 Å². The van der Waals surface area contributed by atoms with E-state index in [-0.39, 0.29) is 18.3 Å². The highest BCUT2D eigenvalue weighted by Gasteiger charge is 2.27. The van der Waals surface area contributed by atoms with Gasteiger partial charge in [-0.25, -0.2) is 4.79 Å². The lowest BCUT2D eigenvalue weighted by atomic mass is 10.3. The first kappa shape index (κ1) is 10.3. The molecule has 0 spiro atoms. The minimum Gasteiger partial charge on any atom is -0.453 e. The molecule has 0 aromatic rings. The van der Waals surface area contributed by atoms with Gasteiger partial charge in [-0.2, -0.15) is 0 Å². The molecule has 0 aromatic carbocycles. The third-order valence-corrected chi connectivity index (χ3v) is 2.04. The minimum atomic E-state index is -0.255. The molecule has 0 aliphatic carbocycles. The van der Waals surface area contributed by atoms with Crippen molar-refractivity contribution in [2.75, 3.05) is 20.2 Å². The van der Waals surface area contributed by atoms with Gasteiger partial charge in [-0.1, -0.05) is 0 Å². The van der Waals surface area contributed by atoms with Crippen LogP contribution in [0.2, 0.25) is 0 Å². The summed E-state index contributed by atoms with van der Waals surface area (Å²) in [6.45, 7) is 5.40. The van der Waals surface area contributed by atoms with Crippen LogP contribution in [0.5, 0.6) is 0 Å². The molecule has 0 saturated carbocycles. The Hall–Kier alpha value is -0.770. The number of methoxy groups -OCH3 is 1. The van der Waals surface area contributed by atoms with Gasteiger partial charge in [0.15, 0.2) is 0 Å². The normalized spacial score (nSPS) is 22.5. The summed E-state index contributed by atoms with van der Waals surface area (Å²) < 4.78 is 10.2. The fourth-order valence-corrected chi connectivity index (χ4v) is 1.52. The maximum atomic E-state index is 11.1. The molecule has 76 valence electrons. The molecule has 0 N–H and O–H groups in total. The van der Waals surface area contributed by atoms with Crippen molar-refractivity contribution in [1.82, 2.24) is 4.90 Å². The Morgan fingerprint density at radius 3 is 2.77 bits per heavy atom. The molecule has 1 aliphatic rings. The molecular weight excluding hydrogens is 170 g/mol. The van der Waals surface area contributed by atoms with Crippen molar-refractivity contribution in [1.29, 1.82) is 0 Å². The predicted octanol–water partition coefficient (Wildman–Crippen LogP) is 1.25. The summed E-state index contributed by atoms with van der Waals surface area (Å²) in [6.07, 6.45) is 1.06. The molecule has 1 amide bonds. The van der Waals surface area contributed by atoms with Gasteiger partial charge in [0.25, 0.3) is 0 Å². The largest absolute Gasteiger partial charge is 0.453 e. The Labute approximate surface area is 78.8 Å². The number of rotatable bonds is 2. The van der Waals surface area contributed by atoms with Crippen LogP contribution in [0.4, 0.5) is 4.79 Å². The van der Waals surface area contributed by atoms with E-state index in [0.717, 1.165) is 13.0 Å². The smallest absolute Gasteiger partial charge is 0.409 e. The van der Waals surface area contributed by atoms with Crippen molar-refractivity contribution in [3.63, 3.8) is 0 Å². The highest BCUT2D eigenvalue weighted by molar-refractivity contribution is 5.67. The average Bonchev–Trinajstić information content (AvgIpc) is 2.50. The van der Waals surface area contributed by atoms with Crippen LogP contribution < -0.4 is 0 Å². The first-order valence-corrected chi connectivity index (χ1v) is 4.62. The maximum Gasteiger partial charge on any atom is 0.409 e. The van der Waals surface area contributed by atoms with Crippen LogP contribution in [0.25, 0.3) is 0 Å². The first-order chi connectivity index (χ1) is 6.13. The van der Waals surface area contributed by atoms with E-state index in [1.54, 1.807) is 4.90 Å². The lowest BCUT2D eigenvalue weighted by Gasteiger charge is -2.16. The second-order valence-electron chi connectivity index (χ2n) is 3.51. The number of amides is 1. The Kier molecular flexibility index (Phi) is 3.54. The summed E-state index contributed by atoms with van der Waals surface area (Å²) >= 11 is 0. The lowest BCUT2D eigenvalue weighted by Crippen LogP contribution is -2.30. The van der Waals surface area contributed by atoms with E-state index in [4.69, 9.17) is 4.74 Å². The molecule has 0 radical (unpaired) electrons. The standard InChI is InChI=1S/C9H17NO3/c1-7(2)13-8-4-5-10(6-8)9(11)12-3/h7-8H,4-6H2,1-3H3. The molecule has 1 unspecified atom stereocenters. The van der Waals surface area contributed by atoms with Gasteiger partial charge < -0.3 is 14.4 Å². The van der Waals surface area contributed by atoms with Gasteiger partial charge in [0.05, 0.1) is 25.9 Å². The highest BCUT2D eigenvalue weighted by Crippen LogP contribution is 2.14. The Morgan fingerprint density at radius 2 is 2.23 bits per heavy atom. The molecule has 0 aromatic heterocycles. The number of likely N-dealkylation sites (tertiary alicyclic amines) is 1. The zero-order chi connectivity index (χ0) is 9.84. The number of nitrogens with zero attached hydrogens (tertiary/aromatic N) is 1. The highest BCUT2D eigenvalue weighted by atomic mass is 16.5. The SMILES string of the molecule is COC(=O)N1CCC(OC(C)C)C1. The molecular formula is C9H17NO3. The van der Waals surface area contributed by atoms with Crippen LogP contribution in [0, 0.1) is 0 Å². The number of ether oxygens (including phenoxy) is 2. The molecule has 1 heterocycles. The summed E-state index contributed by atoms with van der Waals surface area (Å²) in [7, 11) is 1.40. The van der Waals surface area contributed by atoms with Gasteiger partial charge in [0.2, 0.25) is 0 Å². The van der Waals surface area contributed by atoms with Gasteiger partial charge in [-0.3, -0.25) is 0 Å². The molecule has 4 heteroatoms. The molecule has 1 saturated heterocycles. The van der Waals surface area contributed by atoms with Crippen LogP contribution >= 0.6 is 0 Å². The van der Waals surface area contributed by atoms with Gasteiger partial charge >= 0.3 is 6.09 Å². The van der Waals surface area contributed by atoms with Crippen molar-refractivity contribution in [2.45, 2.75) is 32.5 Å². The molecule has 1 aliphatic heterocycles. The van der Waals surface area contributed by atoms with Crippen molar-refractivity contribution in [3.05, 3.63) is 0 Å². The number of carbonyl (C=O) groups excluding carboxylic acids is 1. The Balaban J connectivity index is 2.32.